The van der Waals surface area contributed by atoms with Crippen molar-refractivity contribution in [2.45, 2.75) is 11.8 Å². The smallest absolute Gasteiger partial charge is 0.331 e. The Kier molecular flexibility index (Phi) is 6.89. The number of rotatable bonds is 8. The molecule has 0 saturated carbocycles. The molecule has 9 heteroatoms. The van der Waals surface area contributed by atoms with E-state index in [1.54, 1.807) is 12.1 Å². The second-order valence-electron chi connectivity index (χ2n) is 5.39. The van der Waals surface area contributed by atoms with Gasteiger partial charge < -0.3 is 9.47 Å². The minimum Gasteiger partial charge on any atom is -0.495 e. The van der Waals surface area contributed by atoms with Crippen LogP contribution in [-0.4, -0.2) is 40.9 Å². The molecule has 1 N–H and O–H groups in total. The number of Topliss-reactive ketones (excluding diaryl/α,β-unsaturated/α-hetero) is 1. The van der Waals surface area contributed by atoms with Gasteiger partial charge in [0.1, 0.15) is 10.6 Å². The molecule has 1 heterocycles. The number of methoxy groups -OCH3 is 1. The summed E-state index contributed by atoms with van der Waals surface area (Å²) in [5.74, 6) is -0.798. The molecule has 0 amide bonds. The molecular weight excluding hydrogens is 390 g/mol. The average molecular weight is 409 g/mol. The topological polar surface area (TPSA) is 98.8 Å². The number of thiophene rings is 1. The molecule has 1 aromatic heterocycles. The van der Waals surface area contributed by atoms with Crippen LogP contribution in [0.1, 0.15) is 20.1 Å². The van der Waals surface area contributed by atoms with Gasteiger partial charge in [-0.1, -0.05) is 6.07 Å². The van der Waals surface area contributed by atoms with Gasteiger partial charge in [-0.25, -0.2) is 17.9 Å². The monoisotopic (exact) mass is 409 g/mol. The molecule has 1 aromatic carbocycles. The zero-order valence-corrected chi connectivity index (χ0v) is 16.6. The molecule has 2 aromatic rings. The fourth-order valence-corrected chi connectivity index (χ4v) is 3.84. The van der Waals surface area contributed by atoms with Crippen molar-refractivity contribution in [1.29, 1.82) is 0 Å². The van der Waals surface area contributed by atoms with Crippen LogP contribution < -0.4 is 9.46 Å². The van der Waals surface area contributed by atoms with Gasteiger partial charge in [0.15, 0.2) is 6.61 Å². The maximum Gasteiger partial charge on any atom is 0.331 e. The van der Waals surface area contributed by atoms with Crippen LogP contribution in [0.25, 0.3) is 6.08 Å². The fourth-order valence-electron chi connectivity index (χ4n) is 2.12. The Hall–Kier alpha value is -2.49. The molecule has 0 fully saturated rings. The van der Waals surface area contributed by atoms with Crippen LogP contribution >= 0.6 is 11.3 Å². The minimum atomic E-state index is -3.72. The molecule has 7 nitrogen and oxygen atoms in total. The standard InChI is InChI=1S/C18H19NO6S2/c1-12-4-8-16(26-12)14(20)11-25-18(21)9-6-13-5-7-15(24-3)17(10-13)27(22,23)19-2/h4-10,19H,11H2,1-3H3/b9-6+. The number of benzene rings is 1. The van der Waals surface area contributed by atoms with Crippen molar-refractivity contribution in [3.8, 4) is 5.75 Å². The van der Waals surface area contributed by atoms with Gasteiger partial charge in [-0.15, -0.1) is 11.3 Å². The summed E-state index contributed by atoms with van der Waals surface area (Å²) in [6.45, 7) is 1.53. The minimum absolute atomic E-state index is 0.0498. The summed E-state index contributed by atoms with van der Waals surface area (Å²) >= 11 is 1.33. The van der Waals surface area contributed by atoms with Crippen LogP contribution in [0.5, 0.6) is 5.75 Å². The number of nitrogens with one attached hydrogen (secondary N) is 1. The molecule has 0 saturated heterocycles. The third-order valence-electron chi connectivity index (χ3n) is 3.52. The quantitative estimate of drug-likeness (QED) is 0.408. The van der Waals surface area contributed by atoms with E-state index in [0.717, 1.165) is 11.0 Å². The summed E-state index contributed by atoms with van der Waals surface area (Å²) in [5, 5.41) is 0. The van der Waals surface area contributed by atoms with Crippen molar-refractivity contribution in [2.24, 2.45) is 0 Å². The van der Waals surface area contributed by atoms with E-state index in [9.17, 15) is 18.0 Å². The maximum absolute atomic E-state index is 12.0. The Morgan fingerprint density at radius 2 is 1.96 bits per heavy atom. The molecule has 0 aliphatic heterocycles. The van der Waals surface area contributed by atoms with E-state index in [0.29, 0.717) is 10.4 Å². The van der Waals surface area contributed by atoms with Gasteiger partial charge in [-0.05, 0) is 49.9 Å². The summed E-state index contributed by atoms with van der Waals surface area (Å²) in [6.07, 6.45) is 2.53. The molecule has 0 radical (unpaired) electrons. The fraction of sp³-hybridized carbons (Fsp3) is 0.222. The lowest BCUT2D eigenvalue weighted by Gasteiger charge is -2.09. The van der Waals surface area contributed by atoms with Crippen LogP contribution in [0.3, 0.4) is 0 Å². The van der Waals surface area contributed by atoms with Crippen LogP contribution in [0.2, 0.25) is 0 Å². The predicted molar refractivity (Wildman–Crippen MR) is 103 cm³/mol. The highest BCUT2D eigenvalue weighted by Crippen LogP contribution is 2.25. The summed E-state index contributed by atoms with van der Waals surface area (Å²) in [7, 11) is -1.06. The number of esters is 1. The van der Waals surface area contributed by atoms with Gasteiger partial charge in [0.25, 0.3) is 0 Å². The summed E-state index contributed by atoms with van der Waals surface area (Å²) < 4.78 is 36.3. The van der Waals surface area contributed by atoms with Crippen molar-refractivity contribution >= 4 is 39.2 Å². The molecule has 0 spiro atoms. The molecule has 0 aliphatic rings. The summed E-state index contributed by atoms with van der Waals surface area (Å²) in [5.41, 5.74) is 0.460. The molecule has 27 heavy (non-hydrogen) atoms. The summed E-state index contributed by atoms with van der Waals surface area (Å²) in [4.78, 5) is 25.2. The Morgan fingerprint density at radius 1 is 1.22 bits per heavy atom. The second-order valence-corrected chi connectivity index (χ2v) is 8.54. The van der Waals surface area contributed by atoms with Gasteiger partial charge in [0.2, 0.25) is 15.8 Å². The van der Waals surface area contributed by atoms with Gasteiger partial charge in [-0.2, -0.15) is 0 Å². The molecule has 0 bridgehead atoms. The van der Waals surface area contributed by atoms with E-state index in [1.165, 1.54) is 43.7 Å². The molecule has 0 aliphatic carbocycles. The molecule has 2 rings (SSSR count). The highest BCUT2D eigenvalue weighted by molar-refractivity contribution is 7.89. The Morgan fingerprint density at radius 3 is 2.56 bits per heavy atom. The predicted octanol–water partition coefficient (Wildman–Crippen LogP) is 2.41. The lowest BCUT2D eigenvalue weighted by molar-refractivity contribution is -0.136. The number of hydrogen-bond donors (Lipinski definition) is 1. The average Bonchev–Trinajstić information content (AvgIpc) is 3.10. The lowest BCUT2D eigenvalue weighted by Crippen LogP contribution is -2.19. The first-order valence-corrected chi connectivity index (χ1v) is 10.1. The maximum atomic E-state index is 12.0. The Labute approximate surface area is 161 Å². The first kappa shape index (κ1) is 20.8. The van der Waals surface area contributed by atoms with Gasteiger partial charge in [-0.3, -0.25) is 4.79 Å². The lowest BCUT2D eigenvalue weighted by atomic mass is 10.2. The number of carbonyl (C=O) groups is 2. The van der Waals surface area contributed by atoms with Crippen LogP contribution in [0, 0.1) is 6.92 Å². The molecule has 0 unspecified atom stereocenters. The third kappa shape index (κ3) is 5.49. The van der Waals surface area contributed by atoms with Crippen LogP contribution in [-0.2, 0) is 19.6 Å². The van der Waals surface area contributed by atoms with Gasteiger partial charge >= 0.3 is 5.97 Å². The molecule has 0 atom stereocenters. The van der Waals surface area contributed by atoms with Crippen molar-refractivity contribution in [1.82, 2.24) is 4.72 Å². The van der Waals surface area contributed by atoms with Gasteiger partial charge in [0.05, 0.1) is 12.0 Å². The number of aryl methyl sites for hydroxylation is 1. The molecular formula is C18H19NO6S2. The van der Waals surface area contributed by atoms with E-state index in [-0.39, 0.29) is 23.0 Å². The zero-order chi connectivity index (χ0) is 20.0. The number of hydrogen-bond acceptors (Lipinski definition) is 7. The van der Waals surface area contributed by atoms with Crippen LogP contribution in [0.4, 0.5) is 0 Å². The van der Waals surface area contributed by atoms with E-state index < -0.39 is 16.0 Å². The third-order valence-corrected chi connectivity index (χ3v) is 6.00. The highest BCUT2D eigenvalue weighted by atomic mass is 32.2. The number of ketones is 1. The Balaban J connectivity index is 2.05. The number of carbonyl (C=O) groups excluding carboxylic acids is 2. The van der Waals surface area contributed by atoms with E-state index in [1.807, 2.05) is 13.0 Å². The number of sulfonamides is 1. The molecule has 144 valence electrons. The zero-order valence-electron chi connectivity index (χ0n) is 15.0. The van der Waals surface area contributed by atoms with Crippen molar-refractivity contribution in [2.75, 3.05) is 20.8 Å². The van der Waals surface area contributed by atoms with E-state index >= 15 is 0 Å². The second kappa shape index (κ2) is 8.94. The van der Waals surface area contributed by atoms with Crippen molar-refractivity contribution < 1.29 is 27.5 Å². The Bertz CT molecular complexity index is 975. The van der Waals surface area contributed by atoms with Gasteiger partial charge in [0, 0.05) is 11.0 Å². The largest absolute Gasteiger partial charge is 0.495 e. The van der Waals surface area contributed by atoms with Crippen LogP contribution in [0.15, 0.2) is 41.3 Å². The van der Waals surface area contributed by atoms with E-state index in [2.05, 4.69) is 4.72 Å². The SMILES string of the molecule is CNS(=O)(=O)c1cc(/C=C/C(=O)OCC(=O)c2ccc(C)s2)ccc1OC. The first-order chi connectivity index (χ1) is 12.8. The van der Waals surface area contributed by atoms with E-state index in [4.69, 9.17) is 9.47 Å². The number of ether oxygens (including phenoxy) is 2. The highest BCUT2D eigenvalue weighted by Gasteiger charge is 2.17. The summed E-state index contributed by atoms with van der Waals surface area (Å²) in [6, 6.07) is 7.95. The van der Waals surface area contributed by atoms with Crippen molar-refractivity contribution in [3.05, 3.63) is 51.7 Å². The van der Waals surface area contributed by atoms with Crippen molar-refractivity contribution in [3.63, 3.8) is 0 Å². The normalized spacial score (nSPS) is 11.5. The first-order valence-electron chi connectivity index (χ1n) is 7.83.